The van der Waals surface area contributed by atoms with E-state index >= 15 is 0 Å². The van der Waals surface area contributed by atoms with Crippen molar-refractivity contribution in [3.63, 3.8) is 0 Å². The van der Waals surface area contributed by atoms with E-state index in [4.69, 9.17) is 8.83 Å². The smallest absolute Gasteiger partial charge is 0.137 e. The van der Waals surface area contributed by atoms with Gasteiger partial charge in [0.15, 0.2) is 0 Å². The zero-order valence-electron chi connectivity index (χ0n) is 38.1. The molecule has 0 amide bonds. The molecule has 2 aromatic heterocycles. The van der Waals surface area contributed by atoms with Gasteiger partial charge in [-0.1, -0.05) is 200 Å². The van der Waals surface area contributed by atoms with Crippen molar-refractivity contribution in [3.05, 3.63) is 283 Å². The van der Waals surface area contributed by atoms with Crippen LogP contribution in [0.1, 0.15) is 22.3 Å². The minimum atomic E-state index is -0.585. The minimum Gasteiger partial charge on any atom is -0.456 e. The van der Waals surface area contributed by atoms with Crippen molar-refractivity contribution in [1.29, 1.82) is 0 Å². The van der Waals surface area contributed by atoms with Gasteiger partial charge in [-0.15, -0.1) is 0 Å². The fourth-order valence-corrected chi connectivity index (χ4v) is 11.6. The van der Waals surface area contributed by atoms with Crippen molar-refractivity contribution in [3.8, 4) is 44.5 Å². The summed E-state index contributed by atoms with van der Waals surface area (Å²) in [6, 6.07) is 94.2. The first kappa shape index (κ1) is 39.9. The molecule has 0 saturated heterocycles. The van der Waals surface area contributed by atoms with Crippen LogP contribution in [0.4, 0.5) is 17.1 Å². The van der Waals surface area contributed by atoms with E-state index in [0.717, 1.165) is 83.2 Å². The van der Waals surface area contributed by atoms with Crippen LogP contribution in [0.3, 0.4) is 0 Å². The summed E-state index contributed by atoms with van der Waals surface area (Å²) in [4.78, 5) is 2.40. The number of anilines is 3. The highest BCUT2D eigenvalue weighted by atomic mass is 16.3. The number of benzene rings is 11. The summed E-state index contributed by atoms with van der Waals surface area (Å²) in [5.41, 5.74) is 20.4. The highest BCUT2D eigenvalue weighted by Gasteiger charge is 2.47. The summed E-state index contributed by atoms with van der Waals surface area (Å²) >= 11 is 0. The summed E-state index contributed by atoms with van der Waals surface area (Å²) in [7, 11) is 0. The highest BCUT2D eigenvalue weighted by Crippen LogP contribution is 2.58. The highest BCUT2D eigenvalue weighted by molar-refractivity contribution is 6.16. The van der Waals surface area contributed by atoms with Crippen molar-refractivity contribution >= 4 is 60.9 Å². The number of nitrogens with zero attached hydrogens (tertiary/aromatic N) is 1. The van der Waals surface area contributed by atoms with Gasteiger partial charge in [-0.05, 0) is 127 Å². The van der Waals surface area contributed by atoms with Crippen LogP contribution >= 0.6 is 0 Å². The monoisotopic (exact) mass is 893 g/mol. The lowest BCUT2D eigenvalue weighted by Gasteiger charge is -2.34. The largest absolute Gasteiger partial charge is 0.456 e. The quantitative estimate of drug-likeness (QED) is 0.152. The SMILES string of the molecule is c1ccc(-c2ccc3oc4cccc(N(c5ccc(C6(c7ccccc7)c7ccccc7-c7c(-c8ccccc8)cccc76)cc5)c5ccc6oc7cccc(-c8ccccc8)c7c6c5)c4c3c2)cc1. The third-order valence-corrected chi connectivity index (χ3v) is 14.6. The van der Waals surface area contributed by atoms with E-state index in [-0.39, 0.29) is 0 Å². The molecule has 1 unspecified atom stereocenters. The average molecular weight is 894 g/mol. The average Bonchev–Trinajstić information content (AvgIpc) is 4.11. The van der Waals surface area contributed by atoms with Gasteiger partial charge in [0, 0.05) is 27.5 Å². The normalized spacial score (nSPS) is 14.1. The first-order valence-electron chi connectivity index (χ1n) is 24.0. The van der Waals surface area contributed by atoms with Crippen molar-refractivity contribution in [2.24, 2.45) is 0 Å². The van der Waals surface area contributed by atoms with Crippen LogP contribution in [0.25, 0.3) is 88.4 Å². The Balaban J connectivity index is 1.01. The summed E-state index contributed by atoms with van der Waals surface area (Å²) in [6.07, 6.45) is 0. The predicted molar refractivity (Wildman–Crippen MR) is 289 cm³/mol. The van der Waals surface area contributed by atoms with Gasteiger partial charge in [-0.2, -0.15) is 0 Å². The number of fused-ring (bicyclic) bond motifs is 9. The predicted octanol–water partition coefficient (Wildman–Crippen LogP) is 18.3. The van der Waals surface area contributed by atoms with E-state index in [1.54, 1.807) is 0 Å². The second-order valence-electron chi connectivity index (χ2n) is 18.3. The third kappa shape index (κ3) is 6.08. The maximum absolute atomic E-state index is 6.70. The Morgan fingerprint density at radius 1 is 0.300 bits per heavy atom. The molecule has 0 spiro atoms. The standard InChI is InChI=1S/C67H43NO2/c1-5-18-44(19-6-1)47-34-40-60-55(42-47)66-59(31-17-33-63(66)70-60)68(51-39-41-61-56(43-51)65-53(28-16-32-62(65)69-61)46-22-9-3-10-23-46)50-37-35-49(36-38-50)67(48-24-11-4-12-25-48)57-29-14-13-26-54(57)64-52(27-15-30-58(64)67)45-20-7-2-8-21-45/h1-43H. The Kier molecular flexibility index (Phi) is 9.11. The summed E-state index contributed by atoms with van der Waals surface area (Å²) in [6.45, 7) is 0. The van der Waals surface area contributed by atoms with Gasteiger partial charge < -0.3 is 13.7 Å². The van der Waals surface area contributed by atoms with E-state index in [1.165, 1.54) is 44.5 Å². The molecule has 0 bridgehead atoms. The third-order valence-electron chi connectivity index (χ3n) is 14.6. The van der Waals surface area contributed by atoms with Gasteiger partial charge in [0.25, 0.3) is 0 Å². The summed E-state index contributed by atoms with van der Waals surface area (Å²) < 4.78 is 13.3. The molecule has 3 heteroatoms. The van der Waals surface area contributed by atoms with Crippen molar-refractivity contribution in [2.75, 3.05) is 4.90 Å². The minimum absolute atomic E-state index is 0.585. The second-order valence-corrected chi connectivity index (χ2v) is 18.3. The van der Waals surface area contributed by atoms with E-state index in [0.29, 0.717) is 0 Å². The molecule has 328 valence electrons. The molecule has 0 N–H and O–H groups in total. The van der Waals surface area contributed by atoms with Gasteiger partial charge in [-0.25, -0.2) is 0 Å². The molecule has 1 aliphatic carbocycles. The van der Waals surface area contributed by atoms with Crippen molar-refractivity contribution in [2.45, 2.75) is 5.41 Å². The molecule has 0 aliphatic heterocycles. The van der Waals surface area contributed by atoms with Gasteiger partial charge in [0.2, 0.25) is 0 Å². The van der Waals surface area contributed by atoms with Gasteiger partial charge in [0.1, 0.15) is 22.3 Å². The van der Waals surface area contributed by atoms with Crippen LogP contribution in [0, 0.1) is 0 Å². The molecule has 0 radical (unpaired) electrons. The summed E-state index contributed by atoms with van der Waals surface area (Å²) in [5, 5.41) is 4.26. The van der Waals surface area contributed by atoms with Gasteiger partial charge in [0.05, 0.1) is 16.5 Å². The van der Waals surface area contributed by atoms with Crippen LogP contribution in [0.2, 0.25) is 0 Å². The molecular formula is C67H43NO2. The van der Waals surface area contributed by atoms with E-state index < -0.39 is 5.41 Å². The Morgan fingerprint density at radius 3 is 1.54 bits per heavy atom. The Morgan fingerprint density at radius 2 is 0.814 bits per heavy atom. The molecule has 1 atom stereocenters. The zero-order valence-corrected chi connectivity index (χ0v) is 38.1. The number of hydrogen-bond acceptors (Lipinski definition) is 3. The molecule has 11 aromatic carbocycles. The fraction of sp³-hybridized carbons (Fsp3) is 0.0149. The van der Waals surface area contributed by atoms with E-state index in [2.05, 4.69) is 266 Å². The number of furan rings is 2. The molecule has 70 heavy (non-hydrogen) atoms. The molecule has 13 aromatic rings. The van der Waals surface area contributed by atoms with Crippen LogP contribution in [-0.2, 0) is 5.41 Å². The Hall–Kier alpha value is -9.18. The summed E-state index contributed by atoms with van der Waals surface area (Å²) in [5.74, 6) is 0. The number of rotatable bonds is 8. The lowest BCUT2D eigenvalue weighted by Crippen LogP contribution is -2.28. The van der Waals surface area contributed by atoms with Crippen LogP contribution in [0.5, 0.6) is 0 Å². The first-order valence-corrected chi connectivity index (χ1v) is 24.0. The van der Waals surface area contributed by atoms with Gasteiger partial charge >= 0.3 is 0 Å². The molecule has 3 nitrogen and oxygen atoms in total. The molecule has 1 aliphatic rings. The molecule has 0 saturated carbocycles. The van der Waals surface area contributed by atoms with Gasteiger partial charge in [-0.3, -0.25) is 0 Å². The van der Waals surface area contributed by atoms with Crippen LogP contribution in [-0.4, -0.2) is 0 Å². The van der Waals surface area contributed by atoms with Crippen molar-refractivity contribution in [1.82, 2.24) is 0 Å². The fourth-order valence-electron chi connectivity index (χ4n) is 11.6. The molecule has 14 rings (SSSR count). The van der Waals surface area contributed by atoms with Crippen molar-refractivity contribution < 1.29 is 8.83 Å². The Bertz CT molecular complexity index is 4100. The first-order chi connectivity index (χ1) is 34.7. The molecule has 2 heterocycles. The van der Waals surface area contributed by atoms with Crippen LogP contribution in [0.15, 0.2) is 270 Å². The number of hydrogen-bond donors (Lipinski definition) is 0. The Labute approximate surface area is 405 Å². The maximum Gasteiger partial charge on any atom is 0.137 e. The second kappa shape index (κ2) is 16.0. The lowest BCUT2D eigenvalue weighted by atomic mass is 9.67. The molecular weight excluding hydrogens is 851 g/mol. The lowest BCUT2D eigenvalue weighted by molar-refractivity contribution is 0.668. The topological polar surface area (TPSA) is 29.5 Å². The van der Waals surface area contributed by atoms with E-state index in [1.807, 2.05) is 0 Å². The van der Waals surface area contributed by atoms with E-state index in [9.17, 15) is 0 Å². The maximum atomic E-state index is 6.70. The molecule has 0 fully saturated rings. The zero-order chi connectivity index (χ0) is 46.2. The van der Waals surface area contributed by atoms with Crippen LogP contribution < -0.4 is 4.90 Å².